The van der Waals surface area contributed by atoms with Gasteiger partial charge in [0.2, 0.25) is 0 Å². The number of anilines is 1. The van der Waals surface area contributed by atoms with Crippen LogP contribution in [0.1, 0.15) is 19.8 Å². The second kappa shape index (κ2) is 5.33. The Morgan fingerprint density at radius 3 is 2.62 bits per heavy atom. The molecule has 0 heterocycles. The number of fused-ring (bicyclic) bond motifs is 2. The lowest BCUT2D eigenvalue weighted by Gasteiger charge is -2.27. The third kappa shape index (κ3) is 2.97. The Morgan fingerprint density at radius 1 is 1.29 bits per heavy atom. The second-order valence-corrected chi connectivity index (χ2v) is 8.71. The van der Waals surface area contributed by atoms with Crippen LogP contribution in [0.4, 0.5) is 5.69 Å². The summed E-state index contributed by atoms with van der Waals surface area (Å²) in [6, 6.07) is 5.11. The van der Waals surface area contributed by atoms with E-state index in [4.69, 9.17) is 11.6 Å². The highest BCUT2D eigenvalue weighted by Gasteiger charge is 2.38. The summed E-state index contributed by atoms with van der Waals surface area (Å²) in [4.78, 5) is 0.300. The van der Waals surface area contributed by atoms with Crippen LogP contribution in [0.5, 0.6) is 0 Å². The summed E-state index contributed by atoms with van der Waals surface area (Å²) in [5.41, 5.74) is 0.707. The van der Waals surface area contributed by atoms with Crippen molar-refractivity contribution < 1.29 is 8.42 Å². The Morgan fingerprint density at radius 2 is 2.05 bits per heavy atom. The Bertz CT molecular complexity index is 684. The molecule has 4 unspecified atom stereocenters. The summed E-state index contributed by atoms with van der Waals surface area (Å²) in [6.07, 6.45) is 8.33. The second-order valence-electron chi connectivity index (χ2n) is 6.29. The molecule has 0 aliphatic heterocycles. The van der Waals surface area contributed by atoms with Gasteiger partial charge in [0, 0.05) is 12.3 Å². The van der Waals surface area contributed by atoms with E-state index in [1.807, 2.05) is 0 Å². The van der Waals surface area contributed by atoms with Gasteiger partial charge in [-0.05, 0) is 55.7 Å². The molecule has 4 atom stereocenters. The van der Waals surface area contributed by atoms with Gasteiger partial charge >= 0.3 is 0 Å². The van der Waals surface area contributed by atoms with E-state index in [1.54, 1.807) is 18.2 Å². The molecule has 0 aromatic heterocycles. The first-order chi connectivity index (χ1) is 9.84. The fourth-order valence-corrected chi connectivity index (χ4v) is 4.42. The van der Waals surface area contributed by atoms with Crippen LogP contribution in [0.15, 0.2) is 35.2 Å². The van der Waals surface area contributed by atoms with E-state index in [9.17, 15) is 8.42 Å². The normalized spacial score (nSPS) is 28.8. The molecule has 1 saturated carbocycles. The molecule has 1 fully saturated rings. The number of halogens is 1. The molecule has 2 bridgehead atoms. The molecule has 0 radical (unpaired) electrons. The van der Waals surface area contributed by atoms with Crippen LogP contribution in [-0.2, 0) is 9.84 Å². The van der Waals surface area contributed by atoms with Gasteiger partial charge in [0.15, 0.2) is 9.84 Å². The minimum atomic E-state index is -3.22. The maximum absolute atomic E-state index is 11.7. The number of benzene rings is 1. The maximum Gasteiger partial charge on any atom is 0.175 e. The van der Waals surface area contributed by atoms with Crippen molar-refractivity contribution in [3.63, 3.8) is 0 Å². The monoisotopic (exact) mass is 325 g/mol. The Kier molecular flexibility index (Phi) is 3.78. The Balaban J connectivity index is 1.80. The van der Waals surface area contributed by atoms with Gasteiger partial charge in [-0.3, -0.25) is 0 Å². The van der Waals surface area contributed by atoms with Gasteiger partial charge in [-0.15, -0.1) is 0 Å². The first-order valence-corrected chi connectivity index (χ1v) is 9.56. The Hall–Kier alpha value is -1.00. The van der Waals surface area contributed by atoms with E-state index in [0.29, 0.717) is 27.4 Å². The van der Waals surface area contributed by atoms with Crippen LogP contribution in [0.2, 0.25) is 5.02 Å². The SMILES string of the molecule is CC(Nc1cc(S(C)(=O)=O)ccc1Cl)C1CC2C=CC1C2. The quantitative estimate of drug-likeness (QED) is 0.857. The molecule has 0 saturated heterocycles. The van der Waals surface area contributed by atoms with Crippen molar-refractivity contribution in [2.24, 2.45) is 17.8 Å². The lowest BCUT2D eigenvalue weighted by atomic mass is 9.87. The molecular formula is C16H20ClNO2S. The lowest BCUT2D eigenvalue weighted by Crippen LogP contribution is -2.29. The molecule has 0 amide bonds. The van der Waals surface area contributed by atoms with E-state index >= 15 is 0 Å². The molecular weight excluding hydrogens is 306 g/mol. The molecule has 3 rings (SSSR count). The fraction of sp³-hybridized carbons (Fsp3) is 0.500. The van der Waals surface area contributed by atoms with E-state index in [0.717, 1.165) is 5.92 Å². The fourth-order valence-electron chi connectivity index (χ4n) is 3.60. The molecule has 2 aliphatic carbocycles. The van der Waals surface area contributed by atoms with Crippen molar-refractivity contribution in [1.29, 1.82) is 0 Å². The number of allylic oxidation sites excluding steroid dienone is 2. The number of hydrogen-bond acceptors (Lipinski definition) is 3. The number of nitrogens with one attached hydrogen (secondary N) is 1. The third-order valence-electron chi connectivity index (χ3n) is 4.72. The van der Waals surface area contributed by atoms with Crippen LogP contribution in [0.3, 0.4) is 0 Å². The van der Waals surface area contributed by atoms with Gasteiger partial charge in [-0.1, -0.05) is 23.8 Å². The highest BCUT2D eigenvalue weighted by atomic mass is 35.5. The summed E-state index contributed by atoms with van der Waals surface area (Å²) in [7, 11) is -3.22. The van der Waals surface area contributed by atoms with E-state index in [1.165, 1.54) is 19.1 Å². The molecule has 1 N–H and O–H groups in total. The van der Waals surface area contributed by atoms with Crippen molar-refractivity contribution in [3.8, 4) is 0 Å². The molecule has 0 spiro atoms. The minimum Gasteiger partial charge on any atom is -0.381 e. The molecule has 3 nitrogen and oxygen atoms in total. The molecule has 1 aromatic carbocycles. The third-order valence-corrected chi connectivity index (χ3v) is 6.16. The number of rotatable bonds is 4. The maximum atomic E-state index is 11.7. The molecule has 5 heteroatoms. The van der Waals surface area contributed by atoms with Gasteiger partial charge < -0.3 is 5.32 Å². The van der Waals surface area contributed by atoms with Gasteiger partial charge in [0.05, 0.1) is 15.6 Å². The minimum absolute atomic E-state index is 0.275. The van der Waals surface area contributed by atoms with Crippen molar-refractivity contribution in [2.45, 2.75) is 30.7 Å². The zero-order valence-electron chi connectivity index (χ0n) is 12.2. The average Bonchev–Trinajstić information content (AvgIpc) is 3.02. The number of sulfone groups is 1. The Labute approximate surface area is 131 Å². The smallest absolute Gasteiger partial charge is 0.175 e. The summed E-state index contributed by atoms with van der Waals surface area (Å²) < 4.78 is 23.3. The zero-order valence-corrected chi connectivity index (χ0v) is 13.8. The zero-order chi connectivity index (χ0) is 15.2. The van der Waals surface area contributed by atoms with Crippen LogP contribution >= 0.6 is 11.6 Å². The summed E-state index contributed by atoms with van der Waals surface area (Å²) >= 11 is 6.20. The van der Waals surface area contributed by atoms with Gasteiger partial charge in [0.25, 0.3) is 0 Å². The van der Waals surface area contributed by atoms with Crippen LogP contribution < -0.4 is 5.32 Å². The predicted octanol–water partition coefficient (Wildman–Crippen LogP) is 3.76. The van der Waals surface area contributed by atoms with Crippen molar-refractivity contribution in [3.05, 3.63) is 35.4 Å². The lowest BCUT2D eigenvalue weighted by molar-refractivity contribution is 0.400. The number of hydrogen-bond donors (Lipinski definition) is 1. The van der Waals surface area contributed by atoms with E-state index in [-0.39, 0.29) is 6.04 Å². The van der Waals surface area contributed by atoms with Crippen LogP contribution in [0.25, 0.3) is 0 Å². The van der Waals surface area contributed by atoms with Crippen LogP contribution in [-0.4, -0.2) is 20.7 Å². The van der Waals surface area contributed by atoms with Crippen molar-refractivity contribution in [2.75, 3.05) is 11.6 Å². The molecule has 2 aliphatic rings. The molecule has 1 aromatic rings. The van der Waals surface area contributed by atoms with E-state index < -0.39 is 9.84 Å². The summed E-state index contributed by atoms with van der Waals surface area (Å²) in [6.45, 7) is 2.16. The van der Waals surface area contributed by atoms with Crippen LogP contribution in [0, 0.1) is 17.8 Å². The average molecular weight is 326 g/mol. The first-order valence-electron chi connectivity index (χ1n) is 7.29. The van der Waals surface area contributed by atoms with E-state index in [2.05, 4.69) is 24.4 Å². The predicted molar refractivity (Wildman–Crippen MR) is 86.5 cm³/mol. The largest absolute Gasteiger partial charge is 0.381 e. The molecule has 21 heavy (non-hydrogen) atoms. The van der Waals surface area contributed by atoms with Gasteiger partial charge in [-0.25, -0.2) is 8.42 Å². The topological polar surface area (TPSA) is 46.2 Å². The van der Waals surface area contributed by atoms with Crippen molar-refractivity contribution >= 4 is 27.1 Å². The molecule has 114 valence electrons. The van der Waals surface area contributed by atoms with Gasteiger partial charge in [0.1, 0.15) is 0 Å². The standard InChI is InChI=1S/C16H20ClNO2S/c1-10(14-8-11-3-4-12(14)7-11)18-16-9-13(21(2,19)20)5-6-15(16)17/h3-6,9-12,14,18H,7-8H2,1-2H3. The summed E-state index contributed by atoms with van der Waals surface area (Å²) in [5.74, 6) is 1.97. The van der Waals surface area contributed by atoms with Crippen molar-refractivity contribution in [1.82, 2.24) is 0 Å². The highest BCUT2D eigenvalue weighted by Crippen LogP contribution is 2.45. The van der Waals surface area contributed by atoms with Gasteiger partial charge in [-0.2, -0.15) is 0 Å². The summed E-state index contributed by atoms with van der Waals surface area (Å²) in [5, 5.41) is 3.98. The first kappa shape index (κ1) is 14.9. The highest BCUT2D eigenvalue weighted by molar-refractivity contribution is 7.90.